The molecular weight excluding hydrogens is 429 g/mol. The minimum atomic E-state index is -0.859. The van der Waals surface area contributed by atoms with Gasteiger partial charge in [0.15, 0.2) is 11.0 Å². The molecule has 11 heteroatoms. The van der Waals surface area contributed by atoms with Crippen LogP contribution < -0.4 is 10.1 Å². The number of ether oxygens (including phenoxy) is 1. The van der Waals surface area contributed by atoms with E-state index in [0.29, 0.717) is 22.8 Å². The molecule has 2 aromatic carbocycles. The second-order valence-corrected chi connectivity index (χ2v) is 7.13. The number of rotatable bonds is 7. The van der Waals surface area contributed by atoms with Crippen molar-refractivity contribution in [1.82, 2.24) is 14.8 Å². The first kappa shape index (κ1) is 21.0. The van der Waals surface area contributed by atoms with E-state index in [1.165, 1.54) is 18.2 Å². The third kappa shape index (κ3) is 5.42. The summed E-state index contributed by atoms with van der Waals surface area (Å²) >= 11 is 6.79. The van der Waals surface area contributed by atoms with Gasteiger partial charge in [-0.25, -0.2) is 13.2 Å². The van der Waals surface area contributed by atoms with Crippen molar-refractivity contribution in [2.24, 2.45) is 7.05 Å². The number of carbonyl (C=O) groups excluding carboxylic acids is 1. The molecule has 0 spiro atoms. The highest BCUT2D eigenvalue weighted by Crippen LogP contribution is 2.23. The quantitative estimate of drug-likeness (QED) is 0.555. The van der Waals surface area contributed by atoms with Crippen LogP contribution in [0, 0.1) is 17.5 Å². The van der Waals surface area contributed by atoms with Gasteiger partial charge in [-0.1, -0.05) is 23.4 Å². The number of halogens is 4. The van der Waals surface area contributed by atoms with Crippen molar-refractivity contribution in [2.45, 2.75) is 11.8 Å². The number of hydrogen-bond donors (Lipinski definition) is 1. The predicted octanol–water partition coefficient (Wildman–Crippen LogP) is 4.20. The largest absolute Gasteiger partial charge is 0.486 e. The Morgan fingerprint density at radius 1 is 1.17 bits per heavy atom. The van der Waals surface area contributed by atoms with E-state index in [-0.39, 0.29) is 23.1 Å². The van der Waals surface area contributed by atoms with Gasteiger partial charge in [0, 0.05) is 19.2 Å². The van der Waals surface area contributed by atoms with E-state index in [4.69, 9.17) is 16.3 Å². The molecular formula is C18H14ClF3N4O2S. The molecule has 6 nitrogen and oxygen atoms in total. The van der Waals surface area contributed by atoms with Crippen LogP contribution in [0.5, 0.6) is 5.75 Å². The fraction of sp³-hybridized carbons (Fsp3) is 0.167. The summed E-state index contributed by atoms with van der Waals surface area (Å²) in [4.78, 5) is 12.0. The zero-order chi connectivity index (χ0) is 21.0. The van der Waals surface area contributed by atoms with E-state index in [0.717, 1.165) is 23.9 Å². The van der Waals surface area contributed by atoms with Crippen LogP contribution in [0.3, 0.4) is 0 Å². The average molecular weight is 443 g/mol. The highest BCUT2D eigenvalue weighted by Gasteiger charge is 2.14. The summed E-state index contributed by atoms with van der Waals surface area (Å²) in [6.45, 7) is 0.0546. The fourth-order valence-electron chi connectivity index (χ4n) is 2.22. The molecule has 1 aromatic heterocycles. The highest BCUT2D eigenvalue weighted by atomic mass is 35.5. The molecule has 3 rings (SSSR count). The zero-order valence-corrected chi connectivity index (χ0v) is 16.5. The zero-order valence-electron chi connectivity index (χ0n) is 15.0. The summed E-state index contributed by atoms with van der Waals surface area (Å²) in [6, 6.07) is 6.86. The van der Waals surface area contributed by atoms with Gasteiger partial charge in [-0.05, 0) is 24.3 Å². The van der Waals surface area contributed by atoms with Crippen LogP contribution in [-0.2, 0) is 18.4 Å². The van der Waals surface area contributed by atoms with E-state index in [1.54, 1.807) is 11.6 Å². The molecule has 0 fully saturated rings. The monoisotopic (exact) mass is 442 g/mol. The number of amides is 1. The highest BCUT2D eigenvalue weighted by molar-refractivity contribution is 7.99. The minimum Gasteiger partial charge on any atom is -0.486 e. The molecule has 1 N–H and O–H groups in total. The number of nitrogens with zero attached hydrogens (tertiary/aromatic N) is 3. The molecule has 0 radical (unpaired) electrons. The van der Waals surface area contributed by atoms with Gasteiger partial charge >= 0.3 is 0 Å². The maximum Gasteiger partial charge on any atom is 0.234 e. The number of anilines is 1. The van der Waals surface area contributed by atoms with Crippen molar-refractivity contribution < 1.29 is 22.7 Å². The Labute approximate surface area is 173 Å². The summed E-state index contributed by atoms with van der Waals surface area (Å²) in [5, 5.41) is 10.7. The Hall–Kier alpha value is -2.72. The van der Waals surface area contributed by atoms with Crippen LogP contribution in [0.4, 0.5) is 18.9 Å². The summed E-state index contributed by atoms with van der Waals surface area (Å²) in [5.41, 5.74) is -0.109. The van der Waals surface area contributed by atoms with Crippen molar-refractivity contribution in [2.75, 3.05) is 11.1 Å². The lowest BCUT2D eigenvalue weighted by atomic mass is 10.3. The Morgan fingerprint density at radius 2 is 1.97 bits per heavy atom. The summed E-state index contributed by atoms with van der Waals surface area (Å²) < 4.78 is 46.8. The molecule has 1 heterocycles. The second-order valence-electron chi connectivity index (χ2n) is 5.78. The number of aromatic nitrogens is 3. The Kier molecular flexibility index (Phi) is 6.65. The first-order valence-electron chi connectivity index (χ1n) is 8.17. The molecule has 3 aromatic rings. The number of thioether (sulfide) groups is 1. The van der Waals surface area contributed by atoms with Gasteiger partial charge in [-0.3, -0.25) is 4.79 Å². The van der Waals surface area contributed by atoms with Crippen molar-refractivity contribution in [3.05, 3.63) is 64.7 Å². The van der Waals surface area contributed by atoms with Crippen LogP contribution in [0.15, 0.2) is 41.6 Å². The smallest absolute Gasteiger partial charge is 0.234 e. The van der Waals surface area contributed by atoms with Crippen molar-refractivity contribution in [3.63, 3.8) is 0 Å². The summed E-state index contributed by atoms with van der Waals surface area (Å²) in [7, 11) is 1.69. The number of hydrogen-bond acceptors (Lipinski definition) is 5. The van der Waals surface area contributed by atoms with Crippen LogP contribution >= 0.6 is 23.4 Å². The summed E-state index contributed by atoms with van der Waals surface area (Å²) in [5.74, 6) is -1.84. The van der Waals surface area contributed by atoms with Gasteiger partial charge in [-0.15, -0.1) is 10.2 Å². The molecule has 152 valence electrons. The van der Waals surface area contributed by atoms with Crippen molar-refractivity contribution in [3.8, 4) is 5.75 Å². The van der Waals surface area contributed by atoms with Crippen molar-refractivity contribution in [1.29, 1.82) is 0 Å². The lowest BCUT2D eigenvalue weighted by Crippen LogP contribution is -2.15. The molecule has 0 bridgehead atoms. The van der Waals surface area contributed by atoms with Gasteiger partial charge in [0.05, 0.1) is 16.5 Å². The lowest BCUT2D eigenvalue weighted by molar-refractivity contribution is -0.113. The average Bonchev–Trinajstić information content (AvgIpc) is 3.03. The molecule has 0 atom stereocenters. The Bertz CT molecular complexity index is 1050. The van der Waals surface area contributed by atoms with Crippen LogP contribution in [0.2, 0.25) is 5.02 Å². The topological polar surface area (TPSA) is 69.0 Å². The number of benzene rings is 2. The molecule has 0 saturated heterocycles. The van der Waals surface area contributed by atoms with E-state index >= 15 is 0 Å². The minimum absolute atomic E-state index is 0.0546. The van der Waals surface area contributed by atoms with E-state index in [2.05, 4.69) is 15.5 Å². The van der Waals surface area contributed by atoms with Crippen LogP contribution in [-0.4, -0.2) is 26.4 Å². The third-order valence-electron chi connectivity index (χ3n) is 3.72. The normalized spacial score (nSPS) is 10.8. The Balaban J connectivity index is 1.55. The van der Waals surface area contributed by atoms with Crippen molar-refractivity contribution >= 4 is 35.0 Å². The Morgan fingerprint density at radius 3 is 2.69 bits per heavy atom. The van der Waals surface area contributed by atoms with Gasteiger partial charge in [0.25, 0.3) is 0 Å². The van der Waals surface area contributed by atoms with E-state index in [1.807, 2.05) is 0 Å². The first-order valence-corrected chi connectivity index (χ1v) is 9.53. The molecule has 0 aliphatic rings. The molecule has 0 aliphatic heterocycles. The molecule has 0 aliphatic carbocycles. The molecule has 0 saturated carbocycles. The third-order valence-corrected chi connectivity index (χ3v) is 5.03. The second kappa shape index (κ2) is 9.19. The van der Waals surface area contributed by atoms with E-state index < -0.39 is 23.4 Å². The van der Waals surface area contributed by atoms with Gasteiger partial charge < -0.3 is 14.6 Å². The maximum absolute atomic E-state index is 13.6. The maximum atomic E-state index is 13.6. The number of carbonyl (C=O) groups is 1. The van der Waals surface area contributed by atoms with Gasteiger partial charge in [0.2, 0.25) is 5.91 Å². The SMILES string of the molecule is Cn1c(COc2ccc(F)c(Cl)c2)nnc1SCC(=O)Nc1ccc(F)cc1F. The molecule has 1 amide bonds. The molecule has 0 unspecified atom stereocenters. The van der Waals surface area contributed by atoms with E-state index in [9.17, 15) is 18.0 Å². The fourth-order valence-corrected chi connectivity index (χ4v) is 3.12. The van der Waals surface area contributed by atoms with Gasteiger partial charge in [0.1, 0.15) is 29.8 Å². The summed E-state index contributed by atoms with van der Waals surface area (Å²) in [6.07, 6.45) is 0. The lowest BCUT2D eigenvalue weighted by Gasteiger charge is -2.08. The standard InChI is InChI=1S/C18H14ClF3N4O2S/c1-26-16(8-28-11-3-4-13(21)12(19)7-11)24-25-18(26)29-9-17(27)23-15-5-2-10(20)6-14(15)22/h2-7H,8-9H2,1H3,(H,23,27). The number of nitrogens with one attached hydrogen (secondary N) is 1. The molecule has 29 heavy (non-hydrogen) atoms. The van der Waals surface area contributed by atoms with Crippen LogP contribution in [0.25, 0.3) is 0 Å². The first-order chi connectivity index (χ1) is 13.8. The van der Waals surface area contributed by atoms with Crippen LogP contribution in [0.1, 0.15) is 5.82 Å². The van der Waals surface area contributed by atoms with Gasteiger partial charge in [-0.2, -0.15) is 0 Å². The predicted molar refractivity (Wildman–Crippen MR) is 102 cm³/mol.